The first-order chi connectivity index (χ1) is 10.5. The third-order valence-electron chi connectivity index (χ3n) is 3.25. The fourth-order valence-electron chi connectivity index (χ4n) is 2.10. The number of hydrogen-bond acceptors (Lipinski definition) is 2. The molecule has 3 aromatic rings. The van der Waals surface area contributed by atoms with Crippen molar-refractivity contribution in [2.24, 2.45) is 7.05 Å². The summed E-state index contributed by atoms with van der Waals surface area (Å²) in [4.78, 5) is 16.5. The molecule has 0 fully saturated rings. The van der Waals surface area contributed by atoms with Gasteiger partial charge >= 0.3 is 0 Å². The highest BCUT2D eigenvalue weighted by Gasteiger charge is 2.13. The van der Waals surface area contributed by atoms with Gasteiger partial charge in [-0.15, -0.1) is 0 Å². The number of fused-ring (bicyclic) bond motifs is 1. The van der Waals surface area contributed by atoms with E-state index in [4.69, 9.17) is 11.6 Å². The Kier molecular flexibility index (Phi) is 4.05. The van der Waals surface area contributed by atoms with Gasteiger partial charge in [0.05, 0.1) is 11.0 Å². The molecule has 0 aliphatic carbocycles. The first-order valence-electron chi connectivity index (χ1n) is 6.34. The molecule has 22 heavy (non-hydrogen) atoms. The SMILES string of the molecule is Cn1c(NC(=O)c2ccc(I)c(F)c2)nc2cc(Cl)ccc21. The third-order valence-corrected chi connectivity index (χ3v) is 4.36. The molecule has 1 amide bonds. The first kappa shape index (κ1) is 15.2. The molecule has 112 valence electrons. The number of anilines is 1. The summed E-state index contributed by atoms with van der Waals surface area (Å²) in [5.41, 5.74) is 1.76. The maximum absolute atomic E-state index is 13.5. The Morgan fingerprint density at radius 1 is 1.32 bits per heavy atom. The van der Waals surface area contributed by atoms with Crippen LogP contribution in [-0.4, -0.2) is 15.5 Å². The normalized spacial score (nSPS) is 10.9. The fourth-order valence-corrected chi connectivity index (χ4v) is 2.60. The summed E-state index contributed by atoms with van der Waals surface area (Å²) in [7, 11) is 1.79. The van der Waals surface area contributed by atoms with Gasteiger partial charge < -0.3 is 4.57 Å². The number of hydrogen-bond donors (Lipinski definition) is 1. The lowest BCUT2D eigenvalue weighted by Crippen LogP contribution is -2.15. The minimum absolute atomic E-state index is 0.239. The van der Waals surface area contributed by atoms with Crippen molar-refractivity contribution in [3.63, 3.8) is 0 Å². The second kappa shape index (κ2) is 5.85. The van der Waals surface area contributed by atoms with Gasteiger partial charge in [0.2, 0.25) is 5.95 Å². The lowest BCUT2D eigenvalue weighted by atomic mass is 10.2. The van der Waals surface area contributed by atoms with Crippen molar-refractivity contribution in [1.82, 2.24) is 9.55 Å². The van der Waals surface area contributed by atoms with Crippen LogP contribution in [0.4, 0.5) is 10.3 Å². The van der Waals surface area contributed by atoms with Gasteiger partial charge in [0.25, 0.3) is 5.91 Å². The highest BCUT2D eigenvalue weighted by atomic mass is 127. The Labute approximate surface area is 144 Å². The van der Waals surface area contributed by atoms with Crippen LogP contribution in [0.1, 0.15) is 10.4 Å². The van der Waals surface area contributed by atoms with Gasteiger partial charge in [-0.25, -0.2) is 9.37 Å². The summed E-state index contributed by atoms with van der Waals surface area (Å²) < 4.78 is 15.8. The lowest BCUT2D eigenvalue weighted by Gasteiger charge is -2.05. The molecule has 0 radical (unpaired) electrons. The summed E-state index contributed by atoms with van der Waals surface area (Å²) >= 11 is 7.81. The average molecular weight is 430 g/mol. The molecule has 0 saturated heterocycles. The topological polar surface area (TPSA) is 46.9 Å². The molecule has 0 unspecified atom stereocenters. The van der Waals surface area contributed by atoms with E-state index in [1.54, 1.807) is 35.9 Å². The second-order valence-corrected chi connectivity index (χ2v) is 6.31. The summed E-state index contributed by atoms with van der Waals surface area (Å²) in [6.45, 7) is 0. The highest BCUT2D eigenvalue weighted by molar-refractivity contribution is 14.1. The zero-order chi connectivity index (χ0) is 15.9. The van der Waals surface area contributed by atoms with Gasteiger partial charge in [-0.1, -0.05) is 11.6 Å². The number of halogens is 3. The molecule has 2 aromatic carbocycles. The molecule has 0 aliphatic heterocycles. The Balaban J connectivity index is 1.93. The van der Waals surface area contributed by atoms with Gasteiger partial charge in [-0.3, -0.25) is 10.1 Å². The van der Waals surface area contributed by atoms with Crippen molar-refractivity contribution in [1.29, 1.82) is 0 Å². The number of carbonyl (C=O) groups excluding carboxylic acids is 1. The van der Waals surface area contributed by atoms with E-state index in [0.29, 0.717) is 20.1 Å². The molecule has 4 nitrogen and oxygen atoms in total. The zero-order valence-corrected chi connectivity index (χ0v) is 14.3. The molecular formula is C15H10ClFIN3O. The molecule has 7 heteroatoms. The van der Waals surface area contributed by atoms with Crippen molar-refractivity contribution in [3.05, 3.63) is 56.4 Å². The molecule has 0 saturated carbocycles. The fraction of sp³-hybridized carbons (Fsp3) is 0.0667. The van der Waals surface area contributed by atoms with Crippen LogP contribution in [0.3, 0.4) is 0 Å². The van der Waals surface area contributed by atoms with Gasteiger partial charge in [0.15, 0.2) is 0 Å². The van der Waals surface area contributed by atoms with E-state index in [2.05, 4.69) is 10.3 Å². The van der Waals surface area contributed by atoms with E-state index >= 15 is 0 Å². The van der Waals surface area contributed by atoms with Crippen LogP contribution >= 0.6 is 34.2 Å². The Morgan fingerprint density at radius 2 is 2.09 bits per heavy atom. The number of carbonyl (C=O) groups is 1. The van der Waals surface area contributed by atoms with Crippen molar-refractivity contribution in [2.75, 3.05) is 5.32 Å². The minimum atomic E-state index is -0.426. The van der Waals surface area contributed by atoms with Gasteiger partial charge in [-0.05, 0) is 59.0 Å². The van der Waals surface area contributed by atoms with Gasteiger partial charge in [-0.2, -0.15) is 0 Å². The van der Waals surface area contributed by atoms with Gasteiger partial charge in [0, 0.05) is 21.2 Å². The molecule has 3 rings (SSSR count). The molecular weight excluding hydrogens is 420 g/mol. The van der Waals surface area contributed by atoms with E-state index in [1.165, 1.54) is 6.07 Å². The molecule has 0 aliphatic rings. The van der Waals surface area contributed by atoms with E-state index in [0.717, 1.165) is 5.52 Å². The second-order valence-electron chi connectivity index (χ2n) is 4.71. The number of aromatic nitrogens is 2. The van der Waals surface area contributed by atoms with Crippen LogP contribution in [0, 0.1) is 9.39 Å². The molecule has 1 heterocycles. The largest absolute Gasteiger partial charge is 0.313 e. The monoisotopic (exact) mass is 429 g/mol. The van der Waals surface area contributed by atoms with Crippen LogP contribution in [-0.2, 0) is 7.05 Å². The third kappa shape index (κ3) is 2.80. The Bertz CT molecular complexity index is 894. The summed E-state index contributed by atoms with van der Waals surface area (Å²) in [5, 5.41) is 3.26. The molecule has 0 atom stereocenters. The predicted molar refractivity (Wildman–Crippen MR) is 92.8 cm³/mol. The van der Waals surface area contributed by atoms with Crippen LogP contribution in [0.25, 0.3) is 11.0 Å². The molecule has 0 bridgehead atoms. The number of amides is 1. The summed E-state index contributed by atoms with van der Waals surface area (Å²) in [5.74, 6) is -0.467. The van der Waals surface area contributed by atoms with E-state index in [9.17, 15) is 9.18 Å². The number of rotatable bonds is 2. The standard InChI is InChI=1S/C15H10ClFIN3O/c1-21-13-5-3-9(16)7-12(13)19-15(21)20-14(22)8-2-4-11(18)10(17)6-8/h2-7H,1H3,(H,19,20,22). The smallest absolute Gasteiger partial charge is 0.258 e. The minimum Gasteiger partial charge on any atom is -0.313 e. The molecule has 1 aromatic heterocycles. The molecule has 0 spiro atoms. The van der Waals surface area contributed by atoms with Crippen molar-refractivity contribution >= 4 is 57.1 Å². The lowest BCUT2D eigenvalue weighted by molar-refractivity contribution is 0.102. The van der Waals surface area contributed by atoms with E-state index < -0.39 is 11.7 Å². The van der Waals surface area contributed by atoms with Gasteiger partial charge in [0.1, 0.15) is 5.82 Å². The number of aryl methyl sites for hydroxylation is 1. The summed E-state index contributed by atoms with van der Waals surface area (Å²) in [6, 6.07) is 9.63. The van der Waals surface area contributed by atoms with Crippen LogP contribution in [0.5, 0.6) is 0 Å². The quantitative estimate of drug-likeness (QED) is 0.620. The number of imidazole rings is 1. The number of nitrogens with zero attached hydrogens (tertiary/aromatic N) is 2. The Hall–Kier alpha value is -1.67. The van der Waals surface area contributed by atoms with Crippen molar-refractivity contribution in [3.8, 4) is 0 Å². The molecule has 1 N–H and O–H groups in total. The van der Waals surface area contributed by atoms with E-state index in [1.807, 2.05) is 28.7 Å². The predicted octanol–water partition coefficient (Wildman–Crippen LogP) is 4.22. The van der Waals surface area contributed by atoms with Crippen LogP contribution in [0.2, 0.25) is 5.02 Å². The average Bonchev–Trinajstić information content (AvgIpc) is 2.77. The van der Waals surface area contributed by atoms with Crippen molar-refractivity contribution < 1.29 is 9.18 Å². The number of benzene rings is 2. The zero-order valence-electron chi connectivity index (χ0n) is 11.4. The van der Waals surface area contributed by atoms with Crippen molar-refractivity contribution in [2.45, 2.75) is 0 Å². The van der Waals surface area contributed by atoms with Crippen LogP contribution in [0.15, 0.2) is 36.4 Å². The maximum atomic E-state index is 13.5. The maximum Gasteiger partial charge on any atom is 0.258 e. The highest BCUT2D eigenvalue weighted by Crippen LogP contribution is 2.22. The van der Waals surface area contributed by atoms with E-state index in [-0.39, 0.29) is 5.56 Å². The first-order valence-corrected chi connectivity index (χ1v) is 7.80. The Morgan fingerprint density at radius 3 is 2.82 bits per heavy atom. The van der Waals surface area contributed by atoms with Crippen LogP contribution < -0.4 is 5.32 Å². The summed E-state index contributed by atoms with van der Waals surface area (Å²) in [6.07, 6.45) is 0. The number of nitrogens with one attached hydrogen (secondary N) is 1.